The summed E-state index contributed by atoms with van der Waals surface area (Å²) in [6.07, 6.45) is 5.60. The third-order valence-electron chi connectivity index (χ3n) is 3.66. The average Bonchev–Trinajstić information content (AvgIpc) is 3.09. The predicted octanol–water partition coefficient (Wildman–Crippen LogP) is 3.46. The Morgan fingerprint density at radius 1 is 1.32 bits per heavy atom. The zero-order valence-electron chi connectivity index (χ0n) is 11.2. The summed E-state index contributed by atoms with van der Waals surface area (Å²) in [5.74, 6) is 1.05. The number of rotatable bonds is 5. The molecule has 0 saturated carbocycles. The highest BCUT2D eigenvalue weighted by Crippen LogP contribution is 2.29. The van der Waals surface area contributed by atoms with Crippen molar-refractivity contribution in [3.8, 4) is 5.75 Å². The molecule has 0 amide bonds. The van der Waals surface area contributed by atoms with Crippen LogP contribution in [0.2, 0.25) is 0 Å². The van der Waals surface area contributed by atoms with Crippen molar-refractivity contribution in [1.82, 2.24) is 5.32 Å². The Kier molecular flexibility index (Phi) is 3.56. The van der Waals surface area contributed by atoms with E-state index in [2.05, 4.69) is 30.4 Å². The summed E-state index contributed by atoms with van der Waals surface area (Å²) in [4.78, 5) is 0. The van der Waals surface area contributed by atoms with E-state index in [4.69, 9.17) is 9.15 Å². The van der Waals surface area contributed by atoms with Gasteiger partial charge in [0.25, 0.3) is 0 Å². The van der Waals surface area contributed by atoms with Crippen LogP contribution in [0.4, 0.5) is 0 Å². The van der Waals surface area contributed by atoms with E-state index >= 15 is 0 Å². The standard InChI is InChI=1S/C16H19NO2/c1-2-15(17-10-12-5-7-18-11-12)13-3-4-16-14(9-13)6-8-19-16/h3-5,7,9,11,15,17H,2,6,8,10H2,1H3. The molecule has 0 aliphatic carbocycles. The first kappa shape index (κ1) is 12.3. The smallest absolute Gasteiger partial charge is 0.122 e. The number of hydrogen-bond donors (Lipinski definition) is 1. The number of fused-ring (bicyclic) bond motifs is 1. The molecular formula is C16H19NO2. The second kappa shape index (κ2) is 5.49. The van der Waals surface area contributed by atoms with E-state index in [1.54, 1.807) is 12.5 Å². The molecular weight excluding hydrogens is 238 g/mol. The Bertz CT molecular complexity index is 534. The Morgan fingerprint density at radius 3 is 3.05 bits per heavy atom. The van der Waals surface area contributed by atoms with Crippen LogP contribution in [-0.2, 0) is 13.0 Å². The summed E-state index contributed by atoms with van der Waals surface area (Å²) in [5, 5.41) is 3.58. The van der Waals surface area contributed by atoms with E-state index < -0.39 is 0 Å². The monoisotopic (exact) mass is 257 g/mol. The Balaban J connectivity index is 1.71. The molecule has 2 heterocycles. The fraction of sp³-hybridized carbons (Fsp3) is 0.375. The molecule has 1 atom stereocenters. The van der Waals surface area contributed by atoms with Crippen molar-refractivity contribution in [3.05, 3.63) is 53.5 Å². The van der Waals surface area contributed by atoms with Crippen LogP contribution in [0.1, 0.15) is 36.1 Å². The summed E-state index contributed by atoms with van der Waals surface area (Å²) in [6, 6.07) is 8.91. The molecule has 2 aromatic rings. The van der Waals surface area contributed by atoms with Gasteiger partial charge in [-0.25, -0.2) is 0 Å². The van der Waals surface area contributed by atoms with Crippen LogP contribution in [0.5, 0.6) is 5.75 Å². The zero-order chi connectivity index (χ0) is 13.1. The van der Waals surface area contributed by atoms with Crippen molar-refractivity contribution in [2.24, 2.45) is 0 Å². The van der Waals surface area contributed by atoms with Crippen LogP contribution in [0.3, 0.4) is 0 Å². The second-order valence-corrected chi connectivity index (χ2v) is 4.94. The normalized spacial score (nSPS) is 15.0. The van der Waals surface area contributed by atoms with Gasteiger partial charge in [-0.05, 0) is 29.7 Å². The lowest BCUT2D eigenvalue weighted by atomic mass is 10.0. The van der Waals surface area contributed by atoms with Gasteiger partial charge in [-0.1, -0.05) is 19.1 Å². The minimum absolute atomic E-state index is 0.376. The SMILES string of the molecule is CCC(NCc1ccoc1)c1ccc2c(c1)CCO2. The van der Waals surface area contributed by atoms with Crippen molar-refractivity contribution in [1.29, 1.82) is 0 Å². The summed E-state index contributed by atoms with van der Waals surface area (Å²) in [7, 11) is 0. The van der Waals surface area contributed by atoms with Gasteiger partial charge in [0.2, 0.25) is 0 Å². The molecule has 1 aromatic heterocycles. The molecule has 0 saturated heterocycles. The fourth-order valence-electron chi connectivity index (χ4n) is 2.56. The van der Waals surface area contributed by atoms with Gasteiger partial charge in [-0.15, -0.1) is 0 Å². The molecule has 100 valence electrons. The minimum Gasteiger partial charge on any atom is -0.493 e. The molecule has 0 fully saturated rings. The van der Waals surface area contributed by atoms with Crippen LogP contribution in [0, 0.1) is 0 Å². The van der Waals surface area contributed by atoms with Crippen molar-refractivity contribution in [2.45, 2.75) is 32.4 Å². The lowest BCUT2D eigenvalue weighted by molar-refractivity contribution is 0.356. The molecule has 0 spiro atoms. The fourth-order valence-corrected chi connectivity index (χ4v) is 2.56. The van der Waals surface area contributed by atoms with Gasteiger partial charge in [0.15, 0.2) is 0 Å². The third-order valence-corrected chi connectivity index (χ3v) is 3.66. The number of furan rings is 1. The highest BCUT2D eigenvalue weighted by Gasteiger charge is 2.15. The van der Waals surface area contributed by atoms with Crippen molar-refractivity contribution < 1.29 is 9.15 Å². The lowest BCUT2D eigenvalue weighted by Gasteiger charge is -2.17. The second-order valence-electron chi connectivity index (χ2n) is 4.94. The van der Waals surface area contributed by atoms with Crippen LogP contribution in [-0.4, -0.2) is 6.61 Å². The quantitative estimate of drug-likeness (QED) is 0.890. The van der Waals surface area contributed by atoms with E-state index in [9.17, 15) is 0 Å². The van der Waals surface area contributed by atoms with Gasteiger partial charge in [-0.2, -0.15) is 0 Å². The summed E-state index contributed by atoms with van der Waals surface area (Å²) in [6.45, 7) is 3.86. The Labute approximate surface area is 113 Å². The molecule has 1 N–H and O–H groups in total. The van der Waals surface area contributed by atoms with Gasteiger partial charge in [0.05, 0.1) is 19.1 Å². The molecule has 1 aliphatic heterocycles. The van der Waals surface area contributed by atoms with Crippen LogP contribution in [0.25, 0.3) is 0 Å². The zero-order valence-corrected chi connectivity index (χ0v) is 11.2. The summed E-state index contributed by atoms with van der Waals surface area (Å²) >= 11 is 0. The maximum Gasteiger partial charge on any atom is 0.122 e. The van der Waals surface area contributed by atoms with Gasteiger partial charge in [0.1, 0.15) is 5.75 Å². The lowest BCUT2D eigenvalue weighted by Crippen LogP contribution is -2.20. The van der Waals surface area contributed by atoms with Gasteiger partial charge < -0.3 is 14.5 Å². The summed E-state index contributed by atoms with van der Waals surface area (Å²) in [5.41, 5.74) is 3.86. The van der Waals surface area contributed by atoms with E-state index in [0.717, 1.165) is 31.7 Å². The van der Waals surface area contributed by atoms with Gasteiger partial charge >= 0.3 is 0 Å². The van der Waals surface area contributed by atoms with E-state index in [1.807, 2.05) is 6.07 Å². The van der Waals surface area contributed by atoms with Crippen LogP contribution < -0.4 is 10.1 Å². The molecule has 0 bridgehead atoms. The Morgan fingerprint density at radius 2 is 2.26 bits per heavy atom. The largest absolute Gasteiger partial charge is 0.493 e. The molecule has 1 aliphatic rings. The van der Waals surface area contributed by atoms with E-state index in [0.29, 0.717) is 6.04 Å². The number of nitrogens with one attached hydrogen (secondary N) is 1. The maximum absolute atomic E-state index is 5.55. The van der Waals surface area contributed by atoms with Gasteiger partial charge in [-0.3, -0.25) is 0 Å². The van der Waals surface area contributed by atoms with Crippen LogP contribution in [0.15, 0.2) is 41.2 Å². The summed E-state index contributed by atoms with van der Waals surface area (Å²) < 4.78 is 10.6. The Hall–Kier alpha value is -1.74. The third kappa shape index (κ3) is 2.66. The molecule has 1 aromatic carbocycles. The first-order valence-corrected chi connectivity index (χ1v) is 6.87. The average molecular weight is 257 g/mol. The molecule has 3 heteroatoms. The molecule has 0 radical (unpaired) electrons. The van der Waals surface area contributed by atoms with Crippen molar-refractivity contribution >= 4 is 0 Å². The molecule has 19 heavy (non-hydrogen) atoms. The highest BCUT2D eigenvalue weighted by molar-refractivity contribution is 5.40. The number of hydrogen-bond acceptors (Lipinski definition) is 3. The molecule has 3 nitrogen and oxygen atoms in total. The highest BCUT2D eigenvalue weighted by atomic mass is 16.5. The number of benzene rings is 1. The first-order chi connectivity index (χ1) is 9.36. The first-order valence-electron chi connectivity index (χ1n) is 6.87. The van der Waals surface area contributed by atoms with Gasteiger partial charge in [0, 0.05) is 24.6 Å². The maximum atomic E-state index is 5.55. The van der Waals surface area contributed by atoms with Crippen LogP contribution >= 0.6 is 0 Å². The number of ether oxygens (including phenoxy) is 1. The predicted molar refractivity (Wildman–Crippen MR) is 74.2 cm³/mol. The molecule has 1 unspecified atom stereocenters. The van der Waals surface area contributed by atoms with E-state index in [-0.39, 0.29) is 0 Å². The van der Waals surface area contributed by atoms with E-state index in [1.165, 1.54) is 16.7 Å². The topological polar surface area (TPSA) is 34.4 Å². The van der Waals surface area contributed by atoms with Crippen molar-refractivity contribution in [2.75, 3.05) is 6.61 Å². The molecule has 3 rings (SSSR count). The minimum atomic E-state index is 0.376. The van der Waals surface area contributed by atoms with Crippen molar-refractivity contribution in [3.63, 3.8) is 0 Å².